The van der Waals surface area contributed by atoms with Gasteiger partial charge in [0.15, 0.2) is 0 Å². The van der Waals surface area contributed by atoms with Gasteiger partial charge in [0.1, 0.15) is 0 Å². The molecule has 0 fully saturated rings. The fraction of sp³-hybridized carbons (Fsp3) is 0.176. The Bertz CT molecular complexity index is 764. The molecule has 3 rings (SSSR count). The standard InChI is InChI=1S/C17H14BrClN2O2/c18-13-6-3-5-11(8-13)15-9-16(23-21-15)17(22)20-10-12-4-1-2-7-14(12)19/h1-8,16H,9-10H2,(H,20,22). The summed E-state index contributed by atoms with van der Waals surface area (Å²) in [6.07, 6.45) is -0.156. The molecule has 4 nitrogen and oxygen atoms in total. The van der Waals surface area contributed by atoms with Crippen molar-refractivity contribution >= 4 is 39.1 Å². The van der Waals surface area contributed by atoms with Gasteiger partial charge in [0.25, 0.3) is 5.91 Å². The van der Waals surface area contributed by atoms with Gasteiger partial charge in [-0.1, -0.05) is 63.0 Å². The highest BCUT2D eigenvalue weighted by molar-refractivity contribution is 9.10. The largest absolute Gasteiger partial charge is 0.382 e. The average molecular weight is 394 g/mol. The lowest BCUT2D eigenvalue weighted by Crippen LogP contribution is -2.34. The highest BCUT2D eigenvalue weighted by Crippen LogP contribution is 2.20. The van der Waals surface area contributed by atoms with Crippen LogP contribution in [0.25, 0.3) is 0 Å². The molecule has 6 heteroatoms. The molecule has 0 aliphatic carbocycles. The molecule has 118 valence electrons. The molecule has 0 radical (unpaired) electrons. The van der Waals surface area contributed by atoms with Gasteiger partial charge in [-0.3, -0.25) is 4.79 Å². The Morgan fingerprint density at radius 1 is 1.30 bits per heavy atom. The highest BCUT2D eigenvalue weighted by atomic mass is 79.9. The van der Waals surface area contributed by atoms with Crippen molar-refractivity contribution in [2.24, 2.45) is 5.16 Å². The third-order valence-electron chi connectivity index (χ3n) is 3.53. The summed E-state index contributed by atoms with van der Waals surface area (Å²) in [6.45, 7) is 0.366. The molecule has 0 spiro atoms. The number of carbonyl (C=O) groups excluding carboxylic acids is 1. The molecule has 23 heavy (non-hydrogen) atoms. The number of benzene rings is 2. The fourth-order valence-corrected chi connectivity index (χ4v) is 2.90. The first kappa shape index (κ1) is 16.0. The van der Waals surface area contributed by atoms with E-state index in [-0.39, 0.29) is 5.91 Å². The summed E-state index contributed by atoms with van der Waals surface area (Å²) < 4.78 is 0.962. The van der Waals surface area contributed by atoms with E-state index in [1.165, 1.54) is 0 Å². The van der Waals surface area contributed by atoms with Crippen molar-refractivity contribution in [3.63, 3.8) is 0 Å². The molecule has 2 aromatic rings. The third-order valence-corrected chi connectivity index (χ3v) is 4.39. The van der Waals surface area contributed by atoms with E-state index in [9.17, 15) is 4.79 Å². The van der Waals surface area contributed by atoms with Crippen molar-refractivity contribution in [1.29, 1.82) is 0 Å². The van der Waals surface area contributed by atoms with Crippen LogP contribution in [0.2, 0.25) is 5.02 Å². The summed E-state index contributed by atoms with van der Waals surface area (Å²) in [5.41, 5.74) is 2.58. The van der Waals surface area contributed by atoms with E-state index in [4.69, 9.17) is 16.4 Å². The minimum absolute atomic E-state index is 0.196. The van der Waals surface area contributed by atoms with Crippen LogP contribution in [0.4, 0.5) is 0 Å². The van der Waals surface area contributed by atoms with Crippen LogP contribution >= 0.6 is 27.5 Å². The Balaban J connectivity index is 1.58. The highest BCUT2D eigenvalue weighted by Gasteiger charge is 2.28. The summed E-state index contributed by atoms with van der Waals surface area (Å²) in [6, 6.07) is 15.2. The Kier molecular flexibility index (Phi) is 4.98. The van der Waals surface area contributed by atoms with Crippen molar-refractivity contribution in [2.75, 3.05) is 0 Å². The molecule has 1 N–H and O–H groups in total. The van der Waals surface area contributed by atoms with Gasteiger partial charge in [-0.05, 0) is 23.8 Å². The molecule has 1 amide bonds. The van der Waals surface area contributed by atoms with E-state index in [0.29, 0.717) is 18.0 Å². The van der Waals surface area contributed by atoms with Crippen molar-refractivity contribution < 1.29 is 9.63 Å². The molecular formula is C17H14BrClN2O2. The van der Waals surface area contributed by atoms with Crippen LogP contribution in [-0.2, 0) is 16.2 Å². The molecule has 0 saturated heterocycles. The van der Waals surface area contributed by atoms with Crippen molar-refractivity contribution in [3.8, 4) is 0 Å². The Labute approximate surface area is 147 Å². The second-order valence-corrected chi connectivity index (χ2v) is 6.48. The van der Waals surface area contributed by atoms with E-state index in [1.54, 1.807) is 6.07 Å². The van der Waals surface area contributed by atoms with Gasteiger partial charge >= 0.3 is 0 Å². The van der Waals surface area contributed by atoms with Gasteiger partial charge in [-0.15, -0.1) is 0 Å². The average Bonchev–Trinajstić information content (AvgIpc) is 3.04. The Morgan fingerprint density at radius 3 is 2.91 bits per heavy atom. The molecule has 0 saturated carbocycles. The van der Waals surface area contributed by atoms with Gasteiger partial charge < -0.3 is 10.2 Å². The lowest BCUT2D eigenvalue weighted by molar-refractivity contribution is -0.131. The Hall–Kier alpha value is -1.85. The second kappa shape index (κ2) is 7.15. The first-order valence-corrected chi connectivity index (χ1v) is 8.30. The lowest BCUT2D eigenvalue weighted by atomic mass is 10.0. The molecule has 1 unspecified atom stereocenters. The maximum Gasteiger partial charge on any atom is 0.264 e. The van der Waals surface area contributed by atoms with Gasteiger partial charge in [0.05, 0.1) is 5.71 Å². The number of rotatable bonds is 4. The maximum atomic E-state index is 12.2. The summed E-state index contributed by atoms with van der Waals surface area (Å²) in [7, 11) is 0. The van der Waals surface area contributed by atoms with Crippen LogP contribution in [0, 0.1) is 0 Å². The number of amides is 1. The Morgan fingerprint density at radius 2 is 2.13 bits per heavy atom. The van der Waals surface area contributed by atoms with Gasteiger partial charge in [0.2, 0.25) is 6.10 Å². The second-order valence-electron chi connectivity index (χ2n) is 5.16. The number of hydrogen-bond acceptors (Lipinski definition) is 3. The van der Waals surface area contributed by atoms with E-state index in [2.05, 4.69) is 26.4 Å². The molecular weight excluding hydrogens is 380 g/mol. The predicted molar refractivity (Wildman–Crippen MR) is 93.5 cm³/mol. The van der Waals surface area contributed by atoms with Crippen LogP contribution in [0.3, 0.4) is 0 Å². The topological polar surface area (TPSA) is 50.7 Å². The summed E-state index contributed by atoms with van der Waals surface area (Å²) >= 11 is 9.50. The number of nitrogens with zero attached hydrogens (tertiary/aromatic N) is 1. The SMILES string of the molecule is O=C(NCc1ccccc1Cl)C1CC(c2cccc(Br)c2)=NO1. The molecule has 1 aliphatic rings. The maximum absolute atomic E-state index is 12.2. The summed E-state index contributed by atoms with van der Waals surface area (Å²) in [4.78, 5) is 17.5. The molecule has 1 heterocycles. The first-order chi connectivity index (χ1) is 11.1. The van der Waals surface area contributed by atoms with Crippen molar-refractivity contribution in [3.05, 3.63) is 69.2 Å². The van der Waals surface area contributed by atoms with Crippen molar-refractivity contribution in [1.82, 2.24) is 5.32 Å². The zero-order chi connectivity index (χ0) is 16.2. The smallest absolute Gasteiger partial charge is 0.264 e. The molecule has 1 atom stereocenters. The predicted octanol–water partition coefficient (Wildman–Crippen LogP) is 3.91. The zero-order valence-electron chi connectivity index (χ0n) is 12.1. The number of hydrogen-bond donors (Lipinski definition) is 1. The van der Waals surface area contributed by atoms with Crippen molar-refractivity contribution in [2.45, 2.75) is 19.1 Å². The monoisotopic (exact) mass is 392 g/mol. The normalized spacial score (nSPS) is 16.6. The fourth-order valence-electron chi connectivity index (χ4n) is 2.29. The van der Waals surface area contributed by atoms with Crippen LogP contribution in [-0.4, -0.2) is 17.7 Å². The van der Waals surface area contributed by atoms with Gasteiger partial charge in [-0.2, -0.15) is 0 Å². The van der Waals surface area contributed by atoms with Gasteiger partial charge in [0, 0.05) is 28.0 Å². The number of oxime groups is 1. The van der Waals surface area contributed by atoms with Crippen LogP contribution < -0.4 is 5.32 Å². The number of halogens is 2. The minimum Gasteiger partial charge on any atom is -0.382 e. The molecule has 1 aliphatic heterocycles. The quantitative estimate of drug-likeness (QED) is 0.856. The lowest BCUT2D eigenvalue weighted by Gasteiger charge is -2.10. The summed E-state index contributed by atoms with van der Waals surface area (Å²) in [5, 5.41) is 7.50. The first-order valence-electron chi connectivity index (χ1n) is 7.13. The minimum atomic E-state index is -0.605. The van der Waals surface area contributed by atoms with E-state index < -0.39 is 6.10 Å². The van der Waals surface area contributed by atoms with Crippen LogP contribution in [0.5, 0.6) is 0 Å². The molecule has 0 bridgehead atoms. The van der Waals surface area contributed by atoms with E-state index >= 15 is 0 Å². The third kappa shape index (κ3) is 3.92. The van der Waals surface area contributed by atoms with E-state index in [0.717, 1.165) is 21.3 Å². The van der Waals surface area contributed by atoms with Gasteiger partial charge in [-0.25, -0.2) is 0 Å². The molecule has 2 aromatic carbocycles. The van der Waals surface area contributed by atoms with E-state index in [1.807, 2.05) is 42.5 Å². The molecule has 0 aromatic heterocycles. The van der Waals surface area contributed by atoms with Crippen LogP contribution in [0.15, 0.2) is 58.2 Å². The zero-order valence-corrected chi connectivity index (χ0v) is 14.5. The summed E-state index contributed by atoms with van der Waals surface area (Å²) in [5.74, 6) is -0.196. The van der Waals surface area contributed by atoms with Crippen LogP contribution in [0.1, 0.15) is 17.5 Å². The number of nitrogens with one attached hydrogen (secondary N) is 1. The number of carbonyl (C=O) groups is 1.